The summed E-state index contributed by atoms with van der Waals surface area (Å²) in [7, 11) is -10.2. The second-order valence-electron chi connectivity index (χ2n) is 7.34. The number of esters is 1. The predicted octanol–water partition coefficient (Wildman–Crippen LogP) is 4.86. The third-order valence-electron chi connectivity index (χ3n) is 4.85. The van der Waals surface area contributed by atoms with Crippen LogP contribution < -0.4 is 10.3 Å². The van der Waals surface area contributed by atoms with Crippen molar-refractivity contribution < 1.29 is 56.9 Å². The molecule has 0 radical (unpaired) electrons. The summed E-state index contributed by atoms with van der Waals surface area (Å²) < 4.78 is 117. The molecule has 0 aromatic heterocycles. The van der Waals surface area contributed by atoms with Crippen molar-refractivity contribution in [1.82, 2.24) is 15.9 Å². The number of rotatable bonds is 8. The minimum atomic E-state index is -10.2. The summed E-state index contributed by atoms with van der Waals surface area (Å²) in [6, 6.07) is -0.0477. The number of benzene rings is 1. The minimum Gasteiger partial charge on any atom is -0.475 e. The molecule has 0 aliphatic carbocycles. The molecule has 2 heterocycles. The van der Waals surface area contributed by atoms with Crippen LogP contribution >= 0.6 is 10.2 Å². The highest BCUT2D eigenvalue weighted by molar-refractivity contribution is 8.45. The summed E-state index contributed by atoms with van der Waals surface area (Å²) >= 11 is 0. The van der Waals surface area contributed by atoms with Crippen molar-refractivity contribution in [2.45, 2.75) is 36.9 Å². The third kappa shape index (κ3) is 5.89. The average Bonchev–Trinajstić information content (AvgIpc) is 2.65. The van der Waals surface area contributed by atoms with Crippen LogP contribution in [0, 0.1) is 0 Å². The van der Waals surface area contributed by atoms with Gasteiger partial charge in [-0.1, -0.05) is 31.9 Å². The van der Waals surface area contributed by atoms with Gasteiger partial charge in [-0.05, 0) is 41.9 Å². The predicted molar refractivity (Wildman–Crippen MR) is 101 cm³/mol. The fourth-order valence-corrected chi connectivity index (χ4v) is 3.76. The molecule has 0 amide bonds. The molecule has 17 heteroatoms. The molecule has 1 atom stereocenters. The second-order valence-corrected chi connectivity index (χ2v) is 9.75. The zero-order chi connectivity index (χ0) is 25.6. The number of carbonyl (C=O) groups is 1. The second kappa shape index (κ2) is 8.20. The number of fused-ring (bicyclic) bond motifs is 1. The maximum absolute atomic E-state index is 13.5. The van der Waals surface area contributed by atoms with Crippen LogP contribution in [-0.4, -0.2) is 53.6 Å². The highest BCUT2D eigenvalue weighted by Gasteiger charge is 2.66. The van der Waals surface area contributed by atoms with Gasteiger partial charge in [0.15, 0.2) is 0 Å². The quantitative estimate of drug-likeness (QED) is 0.163. The Morgan fingerprint density at radius 2 is 1.91 bits per heavy atom. The van der Waals surface area contributed by atoms with Crippen LogP contribution in [0.2, 0.25) is 0 Å². The first-order valence-corrected chi connectivity index (χ1v) is 11.5. The van der Waals surface area contributed by atoms with Gasteiger partial charge in [0.05, 0.1) is 5.57 Å². The van der Waals surface area contributed by atoms with Crippen LogP contribution in [0.5, 0.6) is 5.75 Å². The SMILES string of the molecule is CCc1cc(S(F)(F)(F)(F)F)cc2c1O[C@H](C(F)(F)F)C(C(=O)OCONN(O)N1CCC1)=C2. The Kier molecular flexibility index (Phi) is 6.37. The van der Waals surface area contributed by atoms with E-state index in [1.807, 2.05) is 5.59 Å². The van der Waals surface area contributed by atoms with Gasteiger partial charge in [0.2, 0.25) is 12.9 Å². The number of nitrogens with zero attached hydrogens (tertiary/aromatic N) is 2. The Balaban J connectivity index is 1.88. The molecule has 34 heavy (non-hydrogen) atoms. The lowest BCUT2D eigenvalue weighted by Gasteiger charge is -2.41. The Bertz CT molecular complexity index is 998. The first kappa shape index (κ1) is 26.4. The molecule has 1 aromatic carbocycles. The molecule has 194 valence electrons. The van der Waals surface area contributed by atoms with Gasteiger partial charge in [-0.15, -0.1) is 0 Å². The summed E-state index contributed by atoms with van der Waals surface area (Å²) in [4.78, 5) is 14.5. The van der Waals surface area contributed by atoms with Gasteiger partial charge in [0.25, 0.3) is 0 Å². The number of hydrogen-bond acceptors (Lipinski definition) is 8. The summed E-state index contributed by atoms with van der Waals surface area (Å²) in [6.45, 7) is 1.16. The van der Waals surface area contributed by atoms with E-state index in [1.54, 1.807) is 0 Å². The first-order chi connectivity index (χ1) is 15.4. The van der Waals surface area contributed by atoms with Crippen molar-refractivity contribution in [3.05, 3.63) is 28.8 Å². The van der Waals surface area contributed by atoms with Gasteiger partial charge in [-0.2, -0.15) is 13.2 Å². The number of carbonyl (C=O) groups excluding carboxylic acids is 1. The molecule has 1 fully saturated rings. The monoisotopic (exact) mass is 529 g/mol. The van der Waals surface area contributed by atoms with E-state index >= 15 is 0 Å². The molecule has 1 saturated heterocycles. The van der Waals surface area contributed by atoms with Gasteiger partial charge in [0, 0.05) is 18.7 Å². The van der Waals surface area contributed by atoms with Crippen LogP contribution in [0.3, 0.4) is 0 Å². The van der Waals surface area contributed by atoms with E-state index in [-0.39, 0.29) is 18.6 Å². The van der Waals surface area contributed by atoms with Crippen LogP contribution in [0.15, 0.2) is 22.6 Å². The highest BCUT2D eigenvalue weighted by Crippen LogP contribution is 3.02. The Hall–Kier alpha value is -2.18. The van der Waals surface area contributed by atoms with E-state index < -0.39 is 62.6 Å². The minimum absolute atomic E-state index is 0.0310. The van der Waals surface area contributed by atoms with Crippen molar-refractivity contribution in [1.29, 1.82) is 0 Å². The Morgan fingerprint density at radius 1 is 1.26 bits per heavy atom. The van der Waals surface area contributed by atoms with E-state index in [2.05, 4.69) is 9.57 Å². The number of nitrogens with one attached hydrogen (secondary N) is 1. The van der Waals surface area contributed by atoms with E-state index in [0.29, 0.717) is 24.4 Å². The zero-order valence-electron chi connectivity index (χ0n) is 17.3. The smallest absolute Gasteiger partial charge is 0.430 e. The molecule has 1 aromatic rings. The molecule has 2 aliphatic rings. The average molecular weight is 529 g/mol. The van der Waals surface area contributed by atoms with Crippen LogP contribution in [-0.2, 0) is 20.8 Å². The molecule has 3 rings (SSSR count). The lowest BCUT2D eigenvalue weighted by molar-refractivity contribution is -0.367. The summed E-state index contributed by atoms with van der Waals surface area (Å²) in [6.07, 6.45) is -7.36. The number of ether oxygens (including phenoxy) is 2. The van der Waals surface area contributed by atoms with E-state index in [1.165, 1.54) is 11.9 Å². The fraction of sp³-hybridized carbons (Fsp3) is 0.471. The van der Waals surface area contributed by atoms with Crippen LogP contribution in [0.4, 0.5) is 32.6 Å². The lowest BCUT2D eigenvalue weighted by Crippen LogP contribution is -2.55. The maximum Gasteiger partial charge on any atom is 0.430 e. The third-order valence-corrected chi connectivity index (χ3v) is 5.98. The van der Waals surface area contributed by atoms with E-state index in [9.17, 15) is 42.6 Å². The standard InChI is InChI=1S/C17H19F8N3O5S/c1-2-10-6-12(34(21,22,23,24)25)7-11-8-13(15(17(18,19)20)33-14(10)11)16(29)31-9-32-26-28(30)27-4-3-5-27/h6-8,15,26,30H,2-5,9H2,1H3/t15-/m0/s1. The molecule has 0 bridgehead atoms. The molecule has 0 spiro atoms. The van der Waals surface area contributed by atoms with Crippen molar-refractivity contribution in [2.24, 2.45) is 0 Å². The van der Waals surface area contributed by atoms with Gasteiger partial charge < -0.3 is 9.47 Å². The normalized spacial score (nSPS) is 21.0. The molecule has 2 N–H and O–H groups in total. The first-order valence-electron chi connectivity index (χ1n) is 9.55. The van der Waals surface area contributed by atoms with Crippen molar-refractivity contribution >= 4 is 22.3 Å². The van der Waals surface area contributed by atoms with Gasteiger partial charge in [-0.3, -0.25) is 5.21 Å². The zero-order valence-corrected chi connectivity index (χ0v) is 18.1. The molecular weight excluding hydrogens is 510 g/mol. The van der Waals surface area contributed by atoms with E-state index in [4.69, 9.17) is 4.74 Å². The van der Waals surface area contributed by atoms with Crippen molar-refractivity contribution in [2.75, 3.05) is 19.9 Å². The summed E-state index contributed by atoms with van der Waals surface area (Å²) in [5.41, 5.74) is -0.729. The van der Waals surface area contributed by atoms with Crippen LogP contribution in [0.25, 0.3) is 6.08 Å². The number of hydrazine groups is 2. The number of aryl methyl sites for hydroxylation is 1. The molecule has 0 unspecified atom stereocenters. The molecule has 8 nitrogen and oxygen atoms in total. The fourth-order valence-electron chi connectivity index (χ4n) is 3.05. The summed E-state index contributed by atoms with van der Waals surface area (Å²) in [5.74, 6) is -2.41. The number of halogens is 8. The Morgan fingerprint density at radius 3 is 2.41 bits per heavy atom. The largest absolute Gasteiger partial charge is 0.475 e. The maximum atomic E-state index is 13.5. The molecule has 2 aliphatic heterocycles. The number of alkyl halides is 3. The van der Waals surface area contributed by atoms with Crippen molar-refractivity contribution in [3.63, 3.8) is 0 Å². The highest BCUT2D eigenvalue weighted by atomic mass is 32.5. The Labute approximate surface area is 187 Å². The number of hydrogen-bond donors (Lipinski definition) is 2. The van der Waals surface area contributed by atoms with Gasteiger partial charge in [0.1, 0.15) is 10.6 Å². The van der Waals surface area contributed by atoms with E-state index in [0.717, 1.165) is 6.42 Å². The molecule has 0 saturated carbocycles. The van der Waals surface area contributed by atoms with Gasteiger partial charge in [-0.25, -0.2) is 14.6 Å². The van der Waals surface area contributed by atoms with Gasteiger partial charge >= 0.3 is 22.4 Å². The lowest BCUT2D eigenvalue weighted by atomic mass is 9.98. The summed E-state index contributed by atoms with van der Waals surface area (Å²) in [5, 5.41) is 11.2. The topological polar surface area (TPSA) is 83.5 Å². The molecular formula is C17H19F8N3O5S. The van der Waals surface area contributed by atoms with Crippen LogP contribution in [0.1, 0.15) is 24.5 Å². The van der Waals surface area contributed by atoms with Crippen molar-refractivity contribution in [3.8, 4) is 5.75 Å².